The van der Waals surface area contributed by atoms with Gasteiger partial charge in [0.05, 0.1) is 0 Å². The average Bonchev–Trinajstić information content (AvgIpc) is 3.05. The van der Waals surface area contributed by atoms with Crippen molar-refractivity contribution in [2.24, 2.45) is 11.8 Å². The van der Waals surface area contributed by atoms with Gasteiger partial charge in [-0.25, -0.2) is 0 Å². The summed E-state index contributed by atoms with van der Waals surface area (Å²) in [5, 5.41) is 0. The van der Waals surface area contributed by atoms with Crippen LogP contribution in [0.5, 0.6) is 0 Å². The van der Waals surface area contributed by atoms with Gasteiger partial charge in [0.2, 0.25) is 0 Å². The molecule has 0 heterocycles. The predicted octanol–water partition coefficient (Wildman–Crippen LogP) is 6.26. The topological polar surface area (TPSA) is 0 Å². The molecule has 0 atom stereocenters. The second kappa shape index (κ2) is 8.77. The minimum absolute atomic E-state index is 1.08. The molecule has 0 aliphatic heterocycles. The molecule has 0 aromatic carbocycles. The van der Waals surface area contributed by atoms with Crippen LogP contribution >= 0.6 is 0 Å². The second-order valence-corrected chi connectivity index (χ2v) is 6.63. The van der Waals surface area contributed by atoms with Crippen molar-refractivity contribution in [3.63, 3.8) is 0 Å². The van der Waals surface area contributed by atoms with E-state index >= 15 is 0 Å². The van der Waals surface area contributed by atoms with E-state index in [4.69, 9.17) is 0 Å². The molecule has 0 amide bonds. The molecule has 2 aliphatic carbocycles. The van der Waals surface area contributed by atoms with Gasteiger partial charge < -0.3 is 0 Å². The predicted molar refractivity (Wildman–Crippen MR) is 80.8 cm³/mol. The third-order valence-corrected chi connectivity index (χ3v) is 5.08. The van der Waals surface area contributed by atoms with Crippen molar-refractivity contribution in [1.29, 1.82) is 0 Å². The Morgan fingerprint density at radius 3 is 1.39 bits per heavy atom. The Hall–Kier alpha value is -0.260. The minimum atomic E-state index is 1.08. The van der Waals surface area contributed by atoms with Crippen molar-refractivity contribution in [3.8, 4) is 0 Å². The summed E-state index contributed by atoms with van der Waals surface area (Å²) in [5.41, 5.74) is 0. The minimum Gasteiger partial charge on any atom is -0.0885 e. The lowest BCUT2D eigenvalue weighted by Crippen LogP contribution is -1.92. The van der Waals surface area contributed by atoms with Crippen molar-refractivity contribution in [2.45, 2.75) is 89.9 Å². The molecule has 0 aromatic heterocycles. The van der Waals surface area contributed by atoms with E-state index in [2.05, 4.69) is 12.2 Å². The van der Waals surface area contributed by atoms with Gasteiger partial charge in [0.1, 0.15) is 0 Å². The highest BCUT2D eigenvalue weighted by Crippen LogP contribution is 2.29. The second-order valence-electron chi connectivity index (χ2n) is 6.63. The monoisotopic (exact) mass is 248 g/mol. The molecule has 2 fully saturated rings. The van der Waals surface area contributed by atoms with E-state index in [-0.39, 0.29) is 0 Å². The zero-order valence-electron chi connectivity index (χ0n) is 12.2. The van der Waals surface area contributed by atoms with Gasteiger partial charge in [0.15, 0.2) is 0 Å². The van der Waals surface area contributed by atoms with Crippen LogP contribution in [-0.2, 0) is 0 Å². The van der Waals surface area contributed by atoms with Crippen LogP contribution in [0.15, 0.2) is 12.2 Å². The number of hydrogen-bond acceptors (Lipinski definition) is 0. The zero-order valence-corrected chi connectivity index (χ0v) is 12.2. The molecular weight excluding hydrogens is 216 g/mol. The molecule has 2 rings (SSSR count). The maximum absolute atomic E-state index is 2.45. The highest BCUT2D eigenvalue weighted by molar-refractivity contribution is 4.82. The van der Waals surface area contributed by atoms with Crippen LogP contribution in [0, 0.1) is 11.8 Å². The van der Waals surface area contributed by atoms with Crippen LogP contribution in [-0.4, -0.2) is 0 Å². The molecule has 2 aliphatic rings. The third-order valence-electron chi connectivity index (χ3n) is 5.08. The largest absolute Gasteiger partial charge is 0.0885 e. The van der Waals surface area contributed by atoms with E-state index in [1.165, 1.54) is 89.9 Å². The molecule has 0 nitrogen and oxygen atoms in total. The molecule has 0 bridgehead atoms. The van der Waals surface area contributed by atoms with Crippen LogP contribution < -0.4 is 0 Å². The Morgan fingerprint density at radius 1 is 0.611 bits per heavy atom. The summed E-state index contributed by atoms with van der Waals surface area (Å²) in [6, 6.07) is 0. The first-order chi connectivity index (χ1) is 8.95. The van der Waals surface area contributed by atoms with E-state index in [1.54, 1.807) is 0 Å². The van der Waals surface area contributed by atoms with E-state index in [0.717, 1.165) is 11.8 Å². The maximum Gasteiger partial charge on any atom is -0.0351 e. The molecule has 2 saturated carbocycles. The highest BCUT2D eigenvalue weighted by Gasteiger charge is 2.14. The van der Waals surface area contributed by atoms with Crippen molar-refractivity contribution in [1.82, 2.24) is 0 Å². The van der Waals surface area contributed by atoms with E-state index in [9.17, 15) is 0 Å². The summed E-state index contributed by atoms with van der Waals surface area (Å²) in [7, 11) is 0. The Bertz CT molecular complexity index is 192. The summed E-state index contributed by atoms with van der Waals surface area (Å²) in [6.45, 7) is 0. The molecule has 0 spiro atoms. The number of hydrogen-bond donors (Lipinski definition) is 0. The van der Waals surface area contributed by atoms with Gasteiger partial charge in [-0.15, -0.1) is 0 Å². The lowest BCUT2D eigenvalue weighted by atomic mass is 9.99. The summed E-state index contributed by atoms with van der Waals surface area (Å²) in [6.07, 6.45) is 25.5. The molecule has 0 saturated heterocycles. The summed E-state index contributed by atoms with van der Waals surface area (Å²) in [4.78, 5) is 0. The molecule has 104 valence electrons. The van der Waals surface area contributed by atoms with Crippen molar-refractivity contribution in [3.05, 3.63) is 12.2 Å². The normalized spacial score (nSPS) is 22.4. The van der Waals surface area contributed by atoms with Gasteiger partial charge in [0.25, 0.3) is 0 Å². The zero-order chi connectivity index (χ0) is 12.5. The standard InChI is InChI=1S/C18H32/c1(3-5-11-17-13-7-8-14-17)2-4-6-12-18-15-9-10-16-18/h1-2,17-18H,3-16H2/b2-1+. The lowest BCUT2D eigenvalue weighted by Gasteiger charge is -2.07. The fourth-order valence-electron chi connectivity index (χ4n) is 3.88. The van der Waals surface area contributed by atoms with Gasteiger partial charge in [-0.1, -0.05) is 76.4 Å². The van der Waals surface area contributed by atoms with E-state index in [1.807, 2.05) is 0 Å². The maximum atomic E-state index is 2.45. The smallest absolute Gasteiger partial charge is 0.0351 e. The number of rotatable bonds is 8. The highest BCUT2D eigenvalue weighted by atomic mass is 14.2. The molecular formula is C18H32. The Morgan fingerprint density at radius 2 is 1.00 bits per heavy atom. The van der Waals surface area contributed by atoms with Crippen molar-refractivity contribution in [2.75, 3.05) is 0 Å². The average molecular weight is 248 g/mol. The fourth-order valence-corrected chi connectivity index (χ4v) is 3.88. The van der Waals surface area contributed by atoms with Crippen LogP contribution in [0.1, 0.15) is 89.9 Å². The number of unbranched alkanes of at least 4 members (excludes halogenated alkanes) is 2. The van der Waals surface area contributed by atoms with Crippen LogP contribution in [0.2, 0.25) is 0 Å². The Balaban J connectivity index is 1.38. The van der Waals surface area contributed by atoms with Gasteiger partial charge in [0, 0.05) is 0 Å². The van der Waals surface area contributed by atoms with Gasteiger partial charge in [-0.05, 0) is 37.5 Å². The first-order valence-corrected chi connectivity index (χ1v) is 8.60. The Kier molecular flexibility index (Phi) is 6.90. The van der Waals surface area contributed by atoms with Crippen LogP contribution in [0.25, 0.3) is 0 Å². The molecule has 0 aromatic rings. The van der Waals surface area contributed by atoms with E-state index in [0.29, 0.717) is 0 Å². The van der Waals surface area contributed by atoms with Gasteiger partial charge >= 0.3 is 0 Å². The lowest BCUT2D eigenvalue weighted by molar-refractivity contribution is 0.483. The first kappa shape index (κ1) is 14.2. The SMILES string of the molecule is C(=C\CCCC1CCCC1)/CCCC1CCCC1. The molecule has 0 radical (unpaired) electrons. The molecule has 0 heteroatoms. The van der Waals surface area contributed by atoms with E-state index < -0.39 is 0 Å². The molecule has 0 unspecified atom stereocenters. The van der Waals surface area contributed by atoms with Gasteiger partial charge in [-0.2, -0.15) is 0 Å². The fraction of sp³-hybridized carbons (Fsp3) is 0.889. The van der Waals surface area contributed by atoms with Gasteiger partial charge in [-0.3, -0.25) is 0 Å². The summed E-state index contributed by atoms with van der Waals surface area (Å²) < 4.78 is 0. The first-order valence-electron chi connectivity index (χ1n) is 8.60. The third kappa shape index (κ3) is 5.59. The number of allylic oxidation sites excluding steroid dienone is 2. The molecule has 18 heavy (non-hydrogen) atoms. The van der Waals surface area contributed by atoms with Crippen LogP contribution in [0.3, 0.4) is 0 Å². The Labute approximate surface area is 114 Å². The quantitative estimate of drug-likeness (QED) is 0.351. The summed E-state index contributed by atoms with van der Waals surface area (Å²) >= 11 is 0. The molecule has 0 N–H and O–H groups in total. The van der Waals surface area contributed by atoms with Crippen molar-refractivity contribution >= 4 is 0 Å². The van der Waals surface area contributed by atoms with Crippen molar-refractivity contribution < 1.29 is 0 Å². The van der Waals surface area contributed by atoms with Crippen LogP contribution in [0.4, 0.5) is 0 Å². The summed E-state index contributed by atoms with van der Waals surface area (Å²) in [5.74, 6) is 2.17.